The van der Waals surface area contributed by atoms with E-state index in [-0.39, 0.29) is 0 Å². The Morgan fingerprint density at radius 3 is 2.33 bits per heavy atom. The van der Waals surface area contributed by atoms with Crippen molar-refractivity contribution in [2.24, 2.45) is 0 Å². The van der Waals surface area contributed by atoms with Gasteiger partial charge in [-0.15, -0.1) is 0 Å². The average molecular weight is 189 g/mol. The normalized spacial score (nSPS) is 13.8. The predicted molar refractivity (Wildman–Crippen MR) is 60.0 cm³/mol. The first-order valence-electron chi connectivity index (χ1n) is 5.05. The maximum Gasteiger partial charge on any atom is 0.0155 e. The first kappa shape index (κ1) is 12.3. The van der Waals surface area contributed by atoms with Crippen LogP contribution in [0.4, 0.5) is 0 Å². The fourth-order valence-electron chi connectivity index (χ4n) is 0.978. The lowest BCUT2D eigenvalue weighted by atomic mass is 10.2. The minimum absolute atomic E-state index is 0.720. The van der Waals surface area contributed by atoms with Gasteiger partial charge in [0.25, 0.3) is 0 Å². The Morgan fingerprint density at radius 1 is 1.25 bits per heavy atom. The summed E-state index contributed by atoms with van der Waals surface area (Å²) in [6.45, 7) is 10.2. The average Bonchev–Trinajstić information content (AvgIpc) is 2.05. The second-order valence-corrected chi connectivity index (χ2v) is 5.05. The van der Waals surface area contributed by atoms with Crippen LogP contribution < -0.4 is 5.32 Å². The molecule has 1 nitrogen and oxygen atoms in total. The molecule has 74 valence electrons. The number of nitrogens with one attached hydrogen (secondary N) is 1. The summed E-state index contributed by atoms with van der Waals surface area (Å²) in [5.74, 6) is 1.26. The summed E-state index contributed by atoms with van der Waals surface area (Å²) in [5.41, 5.74) is 0. The van der Waals surface area contributed by atoms with E-state index in [0.717, 1.165) is 17.8 Å². The van der Waals surface area contributed by atoms with Crippen LogP contribution in [0.15, 0.2) is 0 Å². The second-order valence-electron chi connectivity index (χ2n) is 3.44. The van der Waals surface area contributed by atoms with Crippen LogP contribution >= 0.6 is 11.8 Å². The van der Waals surface area contributed by atoms with Crippen LogP contribution in [-0.4, -0.2) is 23.6 Å². The molecule has 0 heterocycles. The molecule has 0 aromatic heterocycles. The lowest BCUT2D eigenvalue weighted by Gasteiger charge is -2.17. The number of rotatable bonds is 7. The van der Waals surface area contributed by atoms with Crippen molar-refractivity contribution < 1.29 is 0 Å². The Morgan fingerprint density at radius 2 is 1.92 bits per heavy atom. The van der Waals surface area contributed by atoms with Gasteiger partial charge in [0.1, 0.15) is 0 Å². The highest BCUT2D eigenvalue weighted by Crippen LogP contribution is 2.11. The third-order valence-corrected chi connectivity index (χ3v) is 3.07. The van der Waals surface area contributed by atoms with Gasteiger partial charge >= 0.3 is 0 Å². The van der Waals surface area contributed by atoms with Gasteiger partial charge in [-0.05, 0) is 24.6 Å². The Balaban J connectivity index is 3.39. The summed E-state index contributed by atoms with van der Waals surface area (Å²) in [4.78, 5) is 0. The lowest BCUT2D eigenvalue weighted by molar-refractivity contribution is 0.539. The summed E-state index contributed by atoms with van der Waals surface area (Å²) in [5, 5.41) is 4.32. The van der Waals surface area contributed by atoms with Crippen molar-refractivity contribution in [3.63, 3.8) is 0 Å². The molecule has 1 unspecified atom stereocenters. The molecule has 2 heteroatoms. The van der Waals surface area contributed by atoms with Gasteiger partial charge in [-0.25, -0.2) is 0 Å². The SMILES string of the molecule is CCCNC(CC)CSC(C)C. The van der Waals surface area contributed by atoms with Crippen molar-refractivity contribution in [3.05, 3.63) is 0 Å². The van der Waals surface area contributed by atoms with Gasteiger partial charge in [0.2, 0.25) is 0 Å². The zero-order valence-corrected chi connectivity index (χ0v) is 9.71. The molecule has 1 N–H and O–H groups in total. The van der Waals surface area contributed by atoms with E-state index in [9.17, 15) is 0 Å². The molecule has 0 aliphatic heterocycles. The molecule has 0 aromatic carbocycles. The van der Waals surface area contributed by atoms with Crippen molar-refractivity contribution >= 4 is 11.8 Å². The van der Waals surface area contributed by atoms with Gasteiger partial charge < -0.3 is 5.32 Å². The van der Waals surface area contributed by atoms with Crippen LogP contribution in [0.3, 0.4) is 0 Å². The maximum atomic E-state index is 3.55. The first-order chi connectivity index (χ1) is 5.70. The van der Waals surface area contributed by atoms with Gasteiger partial charge in [-0.2, -0.15) is 11.8 Å². The summed E-state index contributed by atoms with van der Waals surface area (Å²) in [6.07, 6.45) is 2.49. The molecule has 0 aliphatic rings. The Bertz CT molecular complexity index is 93.8. The topological polar surface area (TPSA) is 12.0 Å². The summed E-state index contributed by atoms with van der Waals surface area (Å²) in [6, 6.07) is 0.720. The highest BCUT2D eigenvalue weighted by atomic mass is 32.2. The third kappa shape index (κ3) is 6.99. The molecular formula is C10H23NS. The van der Waals surface area contributed by atoms with Gasteiger partial charge in [0, 0.05) is 11.8 Å². The van der Waals surface area contributed by atoms with Crippen LogP contribution in [0.5, 0.6) is 0 Å². The van der Waals surface area contributed by atoms with Crippen molar-refractivity contribution in [3.8, 4) is 0 Å². The molecule has 12 heavy (non-hydrogen) atoms. The number of hydrogen-bond donors (Lipinski definition) is 1. The maximum absolute atomic E-state index is 3.55. The molecule has 0 aliphatic carbocycles. The summed E-state index contributed by atoms with van der Waals surface area (Å²) in [7, 11) is 0. The smallest absolute Gasteiger partial charge is 0.0155 e. The predicted octanol–water partition coefficient (Wildman–Crippen LogP) is 2.91. The Labute approximate surface area is 81.7 Å². The quantitative estimate of drug-likeness (QED) is 0.661. The molecule has 0 saturated carbocycles. The zero-order chi connectivity index (χ0) is 9.40. The lowest BCUT2D eigenvalue weighted by Crippen LogP contribution is -2.31. The molecule has 0 spiro atoms. The minimum atomic E-state index is 0.720. The molecule has 0 radical (unpaired) electrons. The van der Waals surface area contributed by atoms with Crippen LogP contribution in [-0.2, 0) is 0 Å². The second kappa shape index (κ2) is 7.93. The van der Waals surface area contributed by atoms with Gasteiger partial charge in [-0.1, -0.05) is 27.7 Å². The van der Waals surface area contributed by atoms with E-state index in [1.54, 1.807) is 0 Å². The Hall–Kier alpha value is 0.310. The van der Waals surface area contributed by atoms with E-state index >= 15 is 0 Å². The highest BCUT2D eigenvalue weighted by Gasteiger charge is 2.05. The van der Waals surface area contributed by atoms with Crippen molar-refractivity contribution in [2.45, 2.75) is 51.8 Å². The minimum Gasteiger partial charge on any atom is -0.313 e. The van der Waals surface area contributed by atoms with Gasteiger partial charge in [-0.3, -0.25) is 0 Å². The largest absolute Gasteiger partial charge is 0.313 e. The molecule has 0 saturated heterocycles. The van der Waals surface area contributed by atoms with E-state index in [2.05, 4.69) is 44.8 Å². The van der Waals surface area contributed by atoms with E-state index in [1.165, 1.54) is 18.6 Å². The fraction of sp³-hybridized carbons (Fsp3) is 1.00. The molecule has 0 fully saturated rings. The summed E-state index contributed by atoms with van der Waals surface area (Å²) < 4.78 is 0. The monoisotopic (exact) mass is 189 g/mol. The molecular weight excluding hydrogens is 166 g/mol. The van der Waals surface area contributed by atoms with Crippen LogP contribution in [0, 0.1) is 0 Å². The number of thioether (sulfide) groups is 1. The molecule has 0 bridgehead atoms. The standard InChI is InChI=1S/C10H23NS/c1-5-7-11-10(6-2)8-12-9(3)4/h9-11H,5-8H2,1-4H3. The summed E-state index contributed by atoms with van der Waals surface area (Å²) >= 11 is 2.05. The third-order valence-electron chi connectivity index (χ3n) is 1.81. The van der Waals surface area contributed by atoms with Crippen molar-refractivity contribution in [2.75, 3.05) is 12.3 Å². The van der Waals surface area contributed by atoms with Crippen molar-refractivity contribution in [1.82, 2.24) is 5.32 Å². The molecule has 0 rings (SSSR count). The first-order valence-corrected chi connectivity index (χ1v) is 6.10. The van der Waals surface area contributed by atoms with Crippen molar-refractivity contribution in [1.29, 1.82) is 0 Å². The number of hydrogen-bond acceptors (Lipinski definition) is 2. The fourth-order valence-corrected chi connectivity index (χ4v) is 1.95. The van der Waals surface area contributed by atoms with Crippen LogP contribution in [0.25, 0.3) is 0 Å². The van der Waals surface area contributed by atoms with E-state index in [1.807, 2.05) is 0 Å². The van der Waals surface area contributed by atoms with E-state index < -0.39 is 0 Å². The van der Waals surface area contributed by atoms with Gasteiger partial charge in [0.15, 0.2) is 0 Å². The molecule has 1 atom stereocenters. The molecule has 0 aromatic rings. The van der Waals surface area contributed by atoms with Crippen LogP contribution in [0.2, 0.25) is 0 Å². The Kier molecular flexibility index (Phi) is 8.14. The highest BCUT2D eigenvalue weighted by molar-refractivity contribution is 7.99. The van der Waals surface area contributed by atoms with Gasteiger partial charge in [0.05, 0.1) is 0 Å². The van der Waals surface area contributed by atoms with Crippen LogP contribution in [0.1, 0.15) is 40.5 Å². The van der Waals surface area contributed by atoms with E-state index in [4.69, 9.17) is 0 Å². The zero-order valence-electron chi connectivity index (χ0n) is 8.89. The molecule has 0 amide bonds. The van der Waals surface area contributed by atoms with E-state index in [0.29, 0.717) is 0 Å².